The van der Waals surface area contributed by atoms with Gasteiger partial charge in [0.25, 0.3) is 0 Å². The minimum atomic E-state index is -5.08. The molecule has 1 aliphatic heterocycles. The summed E-state index contributed by atoms with van der Waals surface area (Å²) in [4.78, 5) is 11.5. The molecule has 0 radical (unpaired) electrons. The summed E-state index contributed by atoms with van der Waals surface area (Å²) in [7, 11) is 3.58. The summed E-state index contributed by atoms with van der Waals surface area (Å²) in [5.74, 6) is -0.241. The fourth-order valence-corrected chi connectivity index (χ4v) is 3.49. The van der Waals surface area contributed by atoms with Gasteiger partial charge in [-0.05, 0) is 49.3 Å². The largest absolute Gasteiger partial charge is 0.497 e. The summed E-state index contributed by atoms with van der Waals surface area (Å²) in [5.41, 5.74) is 1.39. The molecule has 1 N–H and O–H groups in total. The molecule has 1 heterocycles. The van der Waals surface area contributed by atoms with Crippen LogP contribution in [0.3, 0.4) is 0 Å². The predicted molar refractivity (Wildman–Crippen MR) is 98.5 cm³/mol. The quantitative estimate of drug-likeness (QED) is 0.786. The van der Waals surface area contributed by atoms with E-state index in [0.717, 1.165) is 18.1 Å². The summed E-state index contributed by atoms with van der Waals surface area (Å²) < 4.78 is 42.7. The van der Waals surface area contributed by atoms with Crippen LogP contribution in [0.5, 0.6) is 5.75 Å². The molecule has 5 nitrogen and oxygen atoms in total. The van der Waals surface area contributed by atoms with Crippen LogP contribution in [0.4, 0.5) is 13.2 Å². The Morgan fingerprint density at radius 3 is 2.25 bits per heavy atom. The van der Waals surface area contributed by atoms with E-state index in [2.05, 4.69) is 29.2 Å². The number of benzene rings is 1. The monoisotopic (exact) mass is 403 g/mol. The smallest absolute Gasteiger partial charge is 0.490 e. The Kier molecular flexibility index (Phi) is 8.12. The van der Waals surface area contributed by atoms with E-state index in [0.29, 0.717) is 12.0 Å². The van der Waals surface area contributed by atoms with Crippen LogP contribution in [0.1, 0.15) is 24.8 Å². The van der Waals surface area contributed by atoms with Crippen LogP contribution in [0.2, 0.25) is 0 Å². The number of likely N-dealkylation sites (tertiary alicyclic amines) is 1. The molecule has 0 bridgehead atoms. The highest BCUT2D eigenvalue weighted by Gasteiger charge is 2.38. The van der Waals surface area contributed by atoms with Gasteiger partial charge in [-0.25, -0.2) is 4.79 Å². The van der Waals surface area contributed by atoms with E-state index in [9.17, 15) is 13.2 Å². The first-order valence-electron chi connectivity index (χ1n) is 9.41. The number of methoxy groups -OCH3 is 2. The average molecular weight is 403 g/mol. The first kappa shape index (κ1) is 22.5. The number of piperidine rings is 1. The van der Waals surface area contributed by atoms with E-state index in [-0.39, 0.29) is 0 Å². The van der Waals surface area contributed by atoms with E-state index < -0.39 is 12.1 Å². The van der Waals surface area contributed by atoms with Crippen LogP contribution >= 0.6 is 0 Å². The van der Waals surface area contributed by atoms with Crippen molar-refractivity contribution >= 4 is 5.97 Å². The minimum absolute atomic E-state index is 0.405. The number of hydrogen-bond acceptors (Lipinski definition) is 4. The lowest BCUT2D eigenvalue weighted by molar-refractivity contribution is -0.192. The highest BCUT2D eigenvalue weighted by molar-refractivity contribution is 5.73. The molecule has 0 aromatic heterocycles. The molecule has 0 unspecified atom stereocenters. The van der Waals surface area contributed by atoms with Crippen LogP contribution in [-0.2, 0) is 16.0 Å². The Hall–Kier alpha value is -1.80. The predicted octanol–water partition coefficient (Wildman–Crippen LogP) is 3.62. The Labute approximate surface area is 163 Å². The molecule has 1 saturated heterocycles. The molecule has 0 spiro atoms. The third kappa shape index (κ3) is 7.31. The highest BCUT2D eigenvalue weighted by Crippen LogP contribution is 2.32. The fourth-order valence-electron chi connectivity index (χ4n) is 3.49. The Balaban J connectivity index is 0.000000345. The SMILES string of the molecule is COc1ccc(C[C@H]2CN(CC3CC3)CC[C@@H]2OC)cc1.O=C(O)C(F)(F)F. The van der Waals surface area contributed by atoms with E-state index in [1.54, 1.807) is 7.11 Å². The minimum Gasteiger partial charge on any atom is -0.497 e. The molecule has 8 heteroatoms. The van der Waals surface area contributed by atoms with Crippen molar-refractivity contribution in [3.63, 3.8) is 0 Å². The lowest BCUT2D eigenvalue weighted by Gasteiger charge is -2.38. The molecule has 2 aliphatic rings. The van der Waals surface area contributed by atoms with Crippen molar-refractivity contribution in [3.8, 4) is 5.75 Å². The maximum atomic E-state index is 10.6. The van der Waals surface area contributed by atoms with Gasteiger partial charge in [0.15, 0.2) is 0 Å². The van der Waals surface area contributed by atoms with Crippen molar-refractivity contribution in [2.45, 2.75) is 38.0 Å². The second kappa shape index (κ2) is 10.1. The Morgan fingerprint density at radius 1 is 1.18 bits per heavy atom. The van der Waals surface area contributed by atoms with E-state index >= 15 is 0 Å². The lowest BCUT2D eigenvalue weighted by atomic mass is 9.88. The topological polar surface area (TPSA) is 59.0 Å². The number of nitrogens with zero attached hydrogens (tertiary/aromatic N) is 1. The molecule has 2 fully saturated rings. The number of halogens is 3. The van der Waals surface area contributed by atoms with Gasteiger partial charge >= 0.3 is 12.1 Å². The summed E-state index contributed by atoms with van der Waals surface area (Å²) in [6.45, 7) is 3.69. The maximum absolute atomic E-state index is 10.6. The van der Waals surface area contributed by atoms with Crippen LogP contribution in [0.25, 0.3) is 0 Å². The van der Waals surface area contributed by atoms with Gasteiger partial charge in [0.2, 0.25) is 0 Å². The van der Waals surface area contributed by atoms with E-state index in [1.165, 1.54) is 44.5 Å². The van der Waals surface area contributed by atoms with Crippen molar-refractivity contribution < 1.29 is 32.5 Å². The first-order valence-corrected chi connectivity index (χ1v) is 9.41. The summed E-state index contributed by atoms with van der Waals surface area (Å²) in [6.07, 6.45) is 0.469. The number of carboxylic acids is 1. The summed E-state index contributed by atoms with van der Waals surface area (Å²) in [5, 5.41) is 7.12. The van der Waals surface area contributed by atoms with Gasteiger partial charge in [0.1, 0.15) is 5.75 Å². The molecule has 0 amide bonds. The van der Waals surface area contributed by atoms with Crippen LogP contribution in [-0.4, -0.2) is 62.1 Å². The zero-order chi connectivity index (χ0) is 20.7. The molecule has 1 aliphatic carbocycles. The van der Waals surface area contributed by atoms with Gasteiger partial charge in [0, 0.05) is 32.7 Å². The van der Waals surface area contributed by atoms with Gasteiger partial charge in [-0.1, -0.05) is 12.1 Å². The third-order valence-electron chi connectivity index (χ3n) is 5.16. The van der Waals surface area contributed by atoms with Gasteiger partial charge in [-0.15, -0.1) is 0 Å². The number of carbonyl (C=O) groups is 1. The lowest BCUT2D eigenvalue weighted by Crippen LogP contribution is -2.45. The number of rotatable bonds is 6. The summed E-state index contributed by atoms with van der Waals surface area (Å²) >= 11 is 0. The highest BCUT2D eigenvalue weighted by atomic mass is 19.4. The van der Waals surface area contributed by atoms with E-state index in [4.69, 9.17) is 19.4 Å². The number of hydrogen-bond donors (Lipinski definition) is 1. The molecule has 158 valence electrons. The van der Waals surface area contributed by atoms with Gasteiger partial charge in [0.05, 0.1) is 13.2 Å². The molecular weight excluding hydrogens is 375 g/mol. The maximum Gasteiger partial charge on any atom is 0.490 e. The number of carboxylic acid groups (broad SMARTS) is 1. The van der Waals surface area contributed by atoms with Crippen molar-refractivity contribution in [3.05, 3.63) is 29.8 Å². The van der Waals surface area contributed by atoms with Crippen molar-refractivity contribution in [1.29, 1.82) is 0 Å². The van der Waals surface area contributed by atoms with Crippen molar-refractivity contribution in [2.75, 3.05) is 33.9 Å². The third-order valence-corrected chi connectivity index (χ3v) is 5.16. The molecule has 1 aromatic carbocycles. The standard InChI is InChI=1S/C18H27NO2.C2HF3O2/c1-20-17-7-5-14(6-8-17)11-16-13-19(12-15-3-4-15)10-9-18(16)21-2;3-2(4,5)1(6)7/h5-8,15-16,18H,3-4,9-13H2,1-2H3;(H,6,7)/t16-,18-;/m0./s1. The van der Waals surface area contributed by atoms with Gasteiger partial charge < -0.3 is 19.5 Å². The molecule has 28 heavy (non-hydrogen) atoms. The van der Waals surface area contributed by atoms with Gasteiger partial charge in [-0.3, -0.25) is 0 Å². The normalized spacial score (nSPS) is 22.9. The average Bonchev–Trinajstić information content (AvgIpc) is 3.46. The second-order valence-electron chi connectivity index (χ2n) is 7.38. The number of aliphatic carboxylic acids is 1. The van der Waals surface area contributed by atoms with Crippen molar-refractivity contribution in [1.82, 2.24) is 4.90 Å². The van der Waals surface area contributed by atoms with Crippen molar-refractivity contribution in [2.24, 2.45) is 11.8 Å². The van der Waals surface area contributed by atoms with Crippen LogP contribution < -0.4 is 4.74 Å². The van der Waals surface area contributed by atoms with E-state index in [1.807, 2.05) is 7.11 Å². The zero-order valence-electron chi connectivity index (χ0n) is 16.2. The number of ether oxygens (including phenoxy) is 2. The summed E-state index contributed by atoms with van der Waals surface area (Å²) in [6, 6.07) is 8.49. The Morgan fingerprint density at radius 2 is 1.79 bits per heavy atom. The molecular formula is C20H28F3NO4. The molecule has 2 atom stereocenters. The number of alkyl halides is 3. The van der Waals surface area contributed by atoms with Crippen LogP contribution in [0.15, 0.2) is 24.3 Å². The molecule has 1 aromatic rings. The van der Waals surface area contributed by atoms with Crippen LogP contribution in [0, 0.1) is 11.8 Å². The fraction of sp³-hybridized carbons (Fsp3) is 0.650. The second-order valence-corrected chi connectivity index (χ2v) is 7.38. The Bertz CT molecular complexity index is 617. The first-order chi connectivity index (χ1) is 13.2. The van der Waals surface area contributed by atoms with Gasteiger partial charge in [-0.2, -0.15) is 13.2 Å². The molecule has 3 rings (SSSR count). The zero-order valence-corrected chi connectivity index (χ0v) is 16.2. The molecule has 1 saturated carbocycles.